The molecule has 0 bridgehead atoms. The Labute approximate surface area is 195 Å². The van der Waals surface area contributed by atoms with Crippen molar-refractivity contribution in [3.8, 4) is 5.75 Å². The van der Waals surface area contributed by atoms with Crippen LogP contribution < -0.4 is 21.3 Å². The molecule has 0 fully saturated rings. The predicted octanol–water partition coefficient (Wildman–Crippen LogP) is 3.72. The third-order valence-electron chi connectivity index (χ3n) is 4.84. The van der Waals surface area contributed by atoms with Crippen molar-refractivity contribution < 1.29 is 9.53 Å². The van der Waals surface area contributed by atoms with Gasteiger partial charge in [-0.15, -0.1) is 10.2 Å². The van der Waals surface area contributed by atoms with E-state index in [9.17, 15) is 4.79 Å². The van der Waals surface area contributed by atoms with Crippen molar-refractivity contribution in [3.63, 3.8) is 0 Å². The zero-order valence-corrected chi connectivity index (χ0v) is 19.0. The molecule has 0 radical (unpaired) electrons. The number of thioether (sulfide) groups is 1. The summed E-state index contributed by atoms with van der Waals surface area (Å²) in [5.74, 6) is 6.92. The van der Waals surface area contributed by atoms with Gasteiger partial charge in [0.05, 0.1) is 18.6 Å². The molecule has 168 valence electrons. The third kappa shape index (κ3) is 5.42. The van der Waals surface area contributed by atoms with Crippen molar-refractivity contribution in [3.05, 3.63) is 72.3 Å². The molecule has 3 aromatic carbocycles. The average Bonchev–Trinajstić information content (AvgIpc) is 3.20. The van der Waals surface area contributed by atoms with Gasteiger partial charge in [0.2, 0.25) is 11.1 Å². The number of benzene rings is 3. The highest BCUT2D eigenvalue weighted by molar-refractivity contribution is 7.99. The molecule has 0 unspecified atom stereocenters. The Bertz CT molecular complexity index is 1320. The number of fused-ring (bicyclic) bond motifs is 1. The van der Waals surface area contributed by atoms with E-state index in [1.807, 2.05) is 25.1 Å². The van der Waals surface area contributed by atoms with Crippen molar-refractivity contribution >= 4 is 45.8 Å². The summed E-state index contributed by atoms with van der Waals surface area (Å²) in [7, 11) is 1.57. The number of hydrogen-bond donors (Lipinski definition) is 3. The van der Waals surface area contributed by atoms with E-state index >= 15 is 0 Å². The van der Waals surface area contributed by atoms with E-state index in [1.54, 1.807) is 31.4 Å². The van der Waals surface area contributed by atoms with E-state index in [0.717, 1.165) is 16.7 Å². The zero-order valence-electron chi connectivity index (χ0n) is 18.1. The number of carbonyl (C=O) groups is 1. The van der Waals surface area contributed by atoms with Crippen LogP contribution in [0.5, 0.6) is 5.75 Å². The van der Waals surface area contributed by atoms with E-state index in [4.69, 9.17) is 10.6 Å². The number of anilines is 2. The molecule has 33 heavy (non-hydrogen) atoms. The SMILES string of the molecule is COc1cccc(NC(=O)CSc2nnc(N/N=C(\C)c3ccc4ccccc4c3)n2N)c1. The first-order chi connectivity index (χ1) is 16.0. The van der Waals surface area contributed by atoms with E-state index < -0.39 is 0 Å². The van der Waals surface area contributed by atoms with Crippen molar-refractivity contribution in [2.45, 2.75) is 12.1 Å². The fraction of sp³-hybridized carbons (Fsp3) is 0.130. The minimum absolute atomic E-state index is 0.117. The summed E-state index contributed by atoms with van der Waals surface area (Å²) in [5.41, 5.74) is 5.25. The van der Waals surface area contributed by atoms with Gasteiger partial charge in [-0.1, -0.05) is 54.2 Å². The molecule has 0 saturated heterocycles. The Morgan fingerprint density at radius 2 is 1.91 bits per heavy atom. The Hall–Kier alpha value is -4.05. The van der Waals surface area contributed by atoms with Crippen molar-refractivity contribution in [1.82, 2.24) is 14.9 Å². The molecule has 4 aromatic rings. The molecule has 4 N–H and O–H groups in total. The molecule has 1 amide bonds. The van der Waals surface area contributed by atoms with Gasteiger partial charge in [-0.3, -0.25) is 4.79 Å². The molecule has 0 aliphatic carbocycles. The van der Waals surface area contributed by atoms with Gasteiger partial charge in [0.15, 0.2) is 0 Å². The monoisotopic (exact) mass is 461 g/mol. The number of nitrogens with two attached hydrogens (primary N) is 1. The van der Waals surface area contributed by atoms with Gasteiger partial charge >= 0.3 is 0 Å². The van der Waals surface area contributed by atoms with Gasteiger partial charge in [0.1, 0.15) is 5.75 Å². The molecule has 1 heterocycles. The standard InChI is InChI=1S/C23H23N7O2S/c1-15(17-11-10-16-6-3-4-7-18(16)12-17)26-27-22-28-29-23(30(22)24)33-14-21(31)25-19-8-5-9-20(13-19)32-2/h3-13H,14,24H2,1-2H3,(H,25,31)(H,27,28)/b26-15+. The fourth-order valence-electron chi connectivity index (χ4n) is 3.09. The first kappa shape index (κ1) is 22.2. The lowest BCUT2D eigenvalue weighted by Gasteiger charge is -2.07. The number of methoxy groups -OCH3 is 1. The Morgan fingerprint density at radius 1 is 1.09 bits per heavy atom. The largest absolute Gasteiger partial charge is 0.497 e. The molecular weight excluding hydrogens is 438 g/mol. The van der Waals surface area contributed by atoms with Gasteiger partial charge in [0.25, 0.3) is 5.95 Å². The van der Waals surface area contributed by atoms with Crippen LogP contribution in [0.3, 0.4) is 0 Å². The summed E-state index contributed by atoms with van der Waals surface area (Å²) in [6, 6.07) is 21.4. The number of nitrogen functional groups attached to an aromatic ring is 1. The van der Waals surface area contributed by atoms with Crippen LogP contribution in [-0.2, 0) is 4.79 Å². The average molecular weight is 462 g/mol. The molecule has 0 saturated carbocycles. The van der Waals surface area contributed by atoms with Crippen LogP contribution in [0.15, 0.2) is 77.0 Å². The lowest BCUT2D eigenvalue weighted by molar-refractivity contribution is -0.113. The summed E-state index contributed by atoms with van der Waals surface area (Å²) in [5, 5.41) is 17.9. The number of hydrogen-bond acceptors (Lipinski definition) is 8. The highest BCUT2D eigenvalue weighted by atomic mass is 32.2. The first-order valence-electron chi connectivity index (χ1n) is 10.1. The quantitative estimate of drug-likeness (QED) is 0.158. The minimum atomic E-state index is -0.198. The van der Waals surface area contributed by atoms with Gasteiger partial charge in [-0.25, -0.2) is 10.1 Å². The van der Waals surface area contributed by atoms with E-state index in [0.29, 0.717) is 16.6 Å². The number of nitrogens with zero attached hydrogens (tertiary/aromatic N) is 4. The molecule has 10 heteroatoms. The summed E-state index contributed by atoms with van der Waals surface area (Å²) in [6.45, 7) is 1.90. The molecule has 0 aliphatic heterocycles. The maximum absolute atomic E-state index is 12.3. The molecular formula is C23H23N7O2S. The number of nitrogens with one attached hydrogen (secondary N) is 2. The van der Waals surface area contributed by atoms with E-state index in [1.165, 1.54) is 21.8 Å². The van der Waals surface area contributed by atoms with Crippen LogP contribution in [0.2, 0.25) is 0 Å². The van der Waals surface area contributed by atoms with Crippen LogP contribution in [0.25, 0.3) is 10.8 Å². The summed E-state index contributed by atoms with van der Waals surface area (Å²) in [4.78, 5) is 12.3. The van der Waals surface area contributed by atoms with Crippen LogP contribution >= 0.6 is 11.8 Å². The number of aromatic nitrogens is 3. The molecule has 4 rings (SSSR count). The number of amides is 1. The second-order valence-electron chi connectivity index (χ2n) is 7.12. The van der Waals surface area contributed by atoms with Crippen molar-refractivity contribution in [1.29, 1.82) is 0 Å². The number of rotatable bonds is 8. The van der Waals surface area contributed by atoms with Gasteiger partial charge in [-0.05, 0) is 41.5 Å². The molecule has 0 aliphatic rings. The van der Waals surface area contributed by atoms with Crippen LogP contribution in [0, 0.1) is 0 Å². The van der Waals surface area contributed by atoms with E-state index in [2.05, 4.69) is 50.3 Å². The lowest BCUT2D eigenvalue weighted by atomic mass is 10.0. The van der Waals surface area contributed by atoms with Gasteiger partial charge in [0, 0.05) is 11.8 Å². The van der Waals surface area contributed by atoms with Gasteiger partial charge < -0.3 is 15.9 Å². The molecule has 0 spiro atoms. The Morgan fingerprint density at radius 3 is 2.73 bits per heavy atom. The summed E-state index contributed by atoms with van der Waals surface area (Å²) < 4.78 is 6.42. The zero-order chi connectivity index (χ0) is 23.2. The second-order valence-corrected chi connectivity index (χ2v) is 8.06. The van der Waals surface area contributed by atoms with E-state index in [-0.39, 0.29) is 17.6 Å². The number of hydrazone groups is 1. The minimum Gasteiger partial charge on any atom is -0.497 e. The number of carbonyl (C=O) groups excluding carboxylic acids is 1. The Balaban J connectivity index is 1.36. The van der Waals surface area contributed by atoms with Crippen LogP contribution in [0.1, 0.15) is 12.5 Å². The first-order valence-corrected chi connectivity index (χ1v) is 11.1. The smallest absolute Gasteiger partial charge is 0.264 e. The van der Waals surface area contributed by atoms with Gasteiger partial charge in [-0.2, -0.15) is 5.10 Å². The fourth-order valence-corrected chi connectivity index (χ4v) is 3.75. The maximum atomic E-state index is 12.3. The lowest BCUT2D eigenvalue weighted by Crippen LogP contribution is -2.17. The highest BCUT2D eigenvalue weighted by Crippen LogP contribution is 2.20. The van der Waals surface area contributed by atoms with Crippen molar-refractivity contribution in [2.75, 3.05) is 29.4 Å². The normalized spacial score (nSPS) is 11.4. The van der Waals surface area contributed by atoms with Crippen LogP contribution in [0.4, 0.5) is 11.6 Å². The molecule has 9 nitrogen and oxygen atoms in total. The Kier molecular flexibility index (Phi) is 6.75. The summed E-state index contributed by atoms with van der Waals surface area (Å²) >= 11 is 1.17. The summed E-state index contributed by atoms with van der Waals surface area (Å²) in [6.07, 6.45) is 0. The van der Waals surface area contributed by atoms with Crippen LogP contribution in [-0.4, -0.2) is 39.4 Å². The number of ether oxygens (including phenoxy) is 1. The second kappa shape index (κ2) is 10.0. The molecule has 0 atom stereocenters. The predicted molar refractivity (Wildman–Crippen MR) is 132 cm³/mol. The third-order valence-corrected chi connectivity index (χ3v) is 5.78. The highest BCUT2D eigenvalue weighted by Gasteiger charge is 2.12. The maximum Gasteiger partial charge on any atom is 0.264 e. The topological polar surface area (TPSA) is 119 Å². The van der Waals surface area contributed by atoms with Crippen molar-refractivity contribution in [2.24, 2.45) is 5.10 Å². The molecule has 1 aromatic heterocycles.